The normalized spacial score (nSPS) is 11.4. The molecule has 7 heteroatoms. The van der Waals surface area contributed by atoms with Crippen molar-refractivity contribution in [2.75, 3.05) is 20.5 Å². The van der Waals surface area contributed by atoms with Gasteiger partial charge in [0.1, 0.15) is 5.01 Å². The number of amidine groups is 1. The molecular formula is C19H19N3O2S2. The summed E-state index contributed by atoms with van der Waals surface area (Å²) in [5, 5.41) is 3.48. The Morgan fingerprint density at radius 3 is 2.62 bits per heavy atom. The van der Waals surface area contributed by atoms with Gasteiger partial charge in [-0.2, -0.15) is 0 Å². The van der Waals surface area contributed by atoms with Gasteiger partial charge in [-0.3, -0.25) is 0 Å². The Hall–Kier alpha value is -2.51. The van der Waals surface area contributed by atoms with Crippen LogP contribution in [0.15, 0.2) is 52.8 Å². The molecule has 3 aromatic rings. The van der Waals surface area contributed by atoms with Crippen molar-refractivity contribution in [3.63, 3.8) is 0 Å². The topological polar surface area (TPSA) is 69.7 Å². The number of aliphatic imine (C=N–C) groups is 1. The van der Waals surface area contributed by atoms with Gasteiger partial charge in [-0.1, -0.05) is 23.9 Å². The second kappa shape index (κ2) is 8.25. The van der Waals surface area contributed by atoms with Gasteiger partial charge in [0.15, 0.2) is 16.7 Å². The molecule has 0 spiro atoms. The molecule has 0 saturated carbocycles. The number of ether oxygens (including phenoxy) is 2. The maximum Gasteiger partial charge on any atom is 0.161 e. The molecular weight excluding hydrogens is 366 g/mol. The van der Waals surface area contributed by atoms with E-state index in [1.54, 1.807) is 25.6 Å². The molecule has 1 heterocycles. The number of benzene rings is 2. The summed E-state index contributed by atoms with van der Waals surface area (Å²) in [7, 11) is 3.25. The fraction of sp³-hybridized carbons (Fsp3) is 0.158. The predicted octanol–water partition coefficient (Wildman–Crippen LogP) is 4.80. The van der Waals surface area contributed by atoms with E-state index in [-0.39, 0.29) is 0 Å². The van der Waals surface area contributed by atoms with Crippen LogP contribution in [0.3, 0.4) is 0 Å². The summed E-state index contributed by atoms with van der Waals surface area (Å²) >= 11 is 3.00. The average molecular weight is 386 g/mol. The number of rotatable bonds is 5. The lowest BCUT2D eigenvalue weighted by atomic mass is 10.1. The number of hydrogen-bond acceptors (Lipinski definition) is 6. The number of nitrogens with zero attached hydrogens (tertiary/aromatic N) is 2. The zero-order chi connectivity index (χ0) is 18.5. The van der Waals surface area contributed by atoms with Gasteiger partial charge in [0.2, 0.25) is 0 Å². The Balaban J connectivity index is 1.92. The van der Waals surface area contributed by atoms with Gasteiger partial charge in [-0.25, -0.2) is 9.98 Å². The monoisotopic (exact) mass is 385 g/mol. The van der Waals surface area contributed by atoms with E-state index in [2.05, 4.69) is 4.99 Å². The molecule has 134 valence electrons. The Labute approximate surface area is 160 Å². The third-order valence-corrected chi connectivity index (χ3v) is 5.13. The smallest absolute Gasteiger partial charge is 0.161 e. The van der Waals surface area contributed by atoms with Crippen LogP contribution in [0.4, 0.5) is 5.69 Å². The first-order valence-electron chi connectivity index (χ1n) is 7.81. The fourth-order valence-electron chi connectivity index (χ4n) is 2.42. The van der Waals surface area contributed by atoms with E-state index < -0.39 is 0 Å². The highest BCUT2D eigenvalue weighted by atomic mass is 32.2. The second-order valence-electron chi connectivity index (χ2n) is 5.31. The molecule has 0 saturated heterocycles. The number of hydrogen-bond donors (Lipinski definition) is 1. The van der Waals surface area contributed by atoms with Crippen LogP contribution in [-0.2, 0) is 0 Å². The third kappa shape index (κ3) is 4.00. The molecule has 0 aliphatic rings. The summed E-state index contributed by atoms with van der Waals surface area (Å²) in [5.41, 5.74) is 9.51. The highest BCUT2D eigenvalue weighted by Gasteiger charge is 2.11. The lowest BCUT2D eigenvalue weighted by molar-refractivity contribution is 0.355. The van der Waals surface area contributed by atoms with Gasteiger partial charge in [-0.05, 0) is 36.6 Å². The third-order valence-electron chi connectivity index (χ3n) is 3.73. The van der Waals surface area contributed by atoms with Crippen molar-refractivity contribution in [1.82, 2.24) is 4.98 Å². The number of thiazole rings is 1. The van der Waals surface area contributed by atoms with Crippen molar-refractivity contribution < 1.29 is 9.47 Å². The molecule has 5 nitrogen and oxygen atoms in total. The second-order valence-corrected chi connectivity index (χ2v) is 7.00. The summed E-state index contributed by atoms with van der Waals surface area (Å²) in [6, 6.07) is 13.7. The summed E-state index contributed by atoms with van der Waals surface area (Å²) in [6.45, 7) is 0. The maximum absolute atomic E-state index is 5.80. The van der Waals surface area contributed by atoms with E-state index in [0.717, 1.165) is 27.5 Å². The van der Waals surface area contributed by atoms with Gasteiger partial charge in [0, 0.05) is 16.5 Å². The number of methoxy groups -OCH3 is 2. The number of nitrogens with two attached hydrogens (primary N) is 1. The van der Waals surface area contributed by atoms with Crippen LogP contribution >= 0.6 is 23.1 Å². The van der Waals surface area contributed by atoms with E-state index >= 15 is 0 Å². The summed E-state index contributed by atoms with van der Waals surface area (Å²) < 4.78 is 10.7. The Morgan fingerprint density at radius 1 is 1.08 bits per heavy atom. The predicted molar refractivity (Wildman–Crippen MR) is 111 cm³/mol. The molecule has 0 unspecified atom stereocenters. The zero-order valence-electron chi connectivity index (χ0n) is 14.7. The van der Waals surface area contributed by atoms with Crippen LogP contribution < -0.4 is 15.2 Å². The lowest BCUT2D eigenvalue weighted by Gasteiger charge is -2.08. The van der Waals surface area contributed by atoms with Crippen LogP contribution in [0.5, 0.6) is 11.5 Å². The minimum absolute atomic E-state index is 0.534. The molecule has 0 amide bonds. The van der Waals surface area contributed by atoms with Gasteiger partial charge in [0.25, 0.3) is 0 Å². The van der Waals surface area contributed by atoms with Crippen molar-refractivity contribution in [3.8, 4) is 33.3 Å². The van der Waals surface area contributed by atoms with Crippen LogP contribution in [0, 0.1) is 0 Å². The Kier molecular flexibility index (Phi) is 5.80. The van der Waals surface area contributed by atoms with Crippen LogP contribution in [0.1, 0.15) is 0 Å². The maximum atomic E-state index is 5.80. The molecule has 1 aromatic heterocycles. The van der Waals surface area contributed by atoms with E-state index in [1.807, 2.05) is 54.1 Å². The minimum Gasteiger partial charge on any atom is -0.493 e. The molecule has 0 atom stereocenters. The van der Waals surface area contributed by atoms with Crippen LogP contribution in [0.25, 0.3) is 21.8 Å². The van der Waals surface area contributed by atoms with Gasteiger partial charge in [0.05, 0.1) is 25.6 Å². The van der Waals surface area contributed by atoms with Gasteiger partial charge >= 0.3 is 0 Å². The molecule has 3 rings (SSSR count). The molecule has 0 fully saturated rings. The van der Waals surface area contributed by atoms with Crippen molar-refractivity contribution >= 4 is 34.0 Å². The zero-order valence-corrected chi connectivity index (χ0v) is 16.4. The van der Waals surface area contributed by atoms with Crippen LogP contribution in [-0.4, -0.2) is 30.6 Å². The van der Waals surface area contributed by atoms with E-state index in [1.165, 1.54) is 11.8 Å². The summed E-state index contributed by atoms with van der Waals surface area (Å²) in [5.74, 6) is 1.38. The van der Waals surface area contributed by atoms with E-state index in [9.17, 15) is 0 Å². The standard InChI is InChI=1S/C19H19N3O2S2/c1-23-16-8-7-13(10-17(16)24-2)18-22-15(11-26-18)12-5-4-6-14(9-12)21-19(20)25-3/h4-11H,1-3H3,(H2,20,21). The number of aromatic nitrogens is 1. The first-order chi connectivity index (χ1) is 12.6. The quantitative estimate of drug-likeness (QED) is 0.504. The van der Waals surface area contributed by atoms with Gasteiger partial charge < -0.3 is 15.2 Å². The molecule has 2 aromatic carbocycles. The SMILES string of the molecule is COc1ccc(-c2nc(-c3cccc(N=C(N)SC)c3)cs2)cc1OC. The highest BCUT2D eigenvalue weighted by Crippen LogP contribution is 2.35. The van der Waals surface area contributed by atoms with Crippen molar-refractivity contribution in [2.24, 2.45) is 10.7 Å². The summed E-state index contributed by atoms with van der Waals surface area (Å²) in [6.07, 6.45) is 1.90. The summed E-state index contributed by atoms with van der Waals surface area (Å²) in [4.78, 5) is 9.13. The first kappa shape index (κ1) is 18.3. The molecule has 0 bridgehead atoms. The Morgan fingerprint density at radius 2 is 1.88 bits per heavy atom. The fourth-order valence-corrected chi connectivity index (χ4v) is 3.44. The van der Waals surface area contributed by atoms with Crippen LogP contribution in [0.2, 0.25) is 0 Å². The van der Waals surface area contributed by atoms with Crippen molar-refractivity contribution in [1.29, 1.82) is 0 Å². The van der Waals surface area contributed by atoms with Gasteiger partial charge in [-0.15, -0.1) is 11.3 Å². The van der Waals surface area contributed by atoms with Crippen molar-refractivity contribution in [2.45, 2.75) is 0 Å². The van der Waals surface area contributed by atoms with Crippen molar-refractivity contribution in [3.05, 3.63) is 47.8 Å². The Bertz CT molecular complexity index is 938. The highest BCUT2D eigenvalue weighted by molar-refractivity contribution is 8.13. The minimum atomic E-state index is 0.534. The molecule has 26 heavy (non-hydrogen) atoms. The average Bonchev–Trinajstić information content (AvgIpc) is 3.17. The number of thioether (sulfide) groups is 1. The van der Waals surface area contributed by atoms with E-state index in [4.69, 9.17) is 20.2 Å². The molecule has 0 aliphatic carbocycles. The molecule has 2 N–H and O–H groups in total. The largest absolute Gasteiger partial charge is 0.493 e. The first-order valence-corrected chi connectivity index (χ1v) is 9.91. The lowest BCUT2D eigenvalue weighted by Crippen LogP contribution is -2.04. The molecule has 0 radical (unpaired) electrons. The molecule has 0 aliphatic heterocycles. The van der Waals surface area contributed by atoms with E-state index in [0.29, 0.717) is 16.7 Å².